The number of aliphatic hydroxyl groups excluding tert-OH is 1. The standard InChI is InChI=1S/C15H22N4O3/c1-19-8-16-7-12(19)15(22)18-11-5-9(6-13(11)20)14(21)17-10-3-2-4-10/h7-11,13,20H,2-6H2,1H3,(H,17,21)(H,18,22)/t9-,11-,13-/m0/s1. The molecule has 7 heteroatoms. The van der Waals surface area contributed by atoms with E-state index in [1.165, 1.54) is 12.6 Å². The first-order chi connectivity index (χ1) is 10.5. The molecule has 0 aliphatic heterocycles. The Morgan fingerprint density at radius 3 is 2.68 bits per heavy atom. The van der Waals surface area contributed by atoms with Crippen molar-refractivity contribution < 1.29 is 14.7 Å². The van der Waals surface area contributed by atoms with Gasteiger partial charge in [0, 0.05) is 19.0 Å². The van der Waals surface area contributed by atoms with Crippen molar-refractivity contribution in [2.45, 2.75) is 50.3 Å². The highest BCUT2D eigenvalue weighted by atomic mass is 16.3. The van der Waals surface area contributed by atoms with Crippen molar-refractivity contribution in [3.8, 4) is 0 Å². The van der Waals surface area contributed by atoms with Crippen molar-refractivity contribution in [2.75, 3.05) is 0 Å². The molecule has 2 fully saturated rings. The Morgan fingerprint density at radius 2 is 2.09 bits per heavy atom. The Hall–Kier alpha value is -1.89. The van der Waals surface area contributed by atoms with Crippen LogP contribution in [-0.4, -0.2) is 44.7 Å². The van der Waals surface area contributed by atoms with Crippen LogP contribution < -0.4 is 10.6 Å². The van der Waals surface area contributed by atoms with E-state index in [0.717, 1.165) is 12.8 Å². The molecule has 0 saturated heterocycles. The van der Waals surface area contributed by atoms with Crippen molar-refractivity contribution in [1.82, 2.24) is 20.2 Å². The average Bonchev–Trinajstić information content (AvgIpc) is 3.01. The van der Waals surface area contributed by atoms with Crippen LogP contribution in [-0.2, 0) is 11.8 Å². The summed E-state index contributed by atoms with van der Waals surface area (Å²) in [5, 5.41) is 15.9. The molecule has 2 aliphatic rings. The van der Waals surface area contributed by atoms with E-state index in [0.29, 0.717) is 24.6 Å². The van der Waals surface area contributed by atoms with Gasteiger partial charge in [-0.2, -0.15) is 0 Å². The summed E-state index contributed by atoms with van der Waals surface area (Å²) in [5.74, 6) is -0.502. The number of carbonyl (C=O) groups is 2. The Kier molecular flexibility index (Phi) is 4.15. The normalized spacial score (nSPS) is 28.2. The number of aliphatic hydroxyl groups is 1. The lowest BCUT2D eigenvalue weighted by atomic mass is 9.92. The zero-order chi connectivity index (χ0) is 15.7. The molecule has 0 radical (unpaired) electrons. The summed E-state index contributed by atoms with van der Waals surface area (Å²) >= 11 is 0. The molecule has 2 saturated carbocycles. The summed E-state index contributed by atoms with van der Waals surface area (Å²) in [6, 6.07) is -0.0905. The van der Waals surface area contributed by atoms with Crippen LogP contribution in [0.1, 0.15) is 42.6 Å². The lowest BCUT2D eigenvalue weighted by Crippen LogP contribution is -2.43. The van der Waals surface area contributed by atoms with Gasteiger partial charge >= 0.3 is 0 Å². The second-order valence-electron chi connectivity index (χ2n) is 6.34. The number of nitrogens with zero attached hydrogens (tertiary/aromatic N) is 2. The van der Waals surface area contributed by atoms with Gasteiger partial charge in [-0.15, -0.1) is 0 Å². The van der Waals surface area contributed by atoms with Gasteiger partial charge in [0.15, 0.2) is 0 Å². The minimum Gasteiger partial charge on any atom is -0.391 e. The van der Waals surface area contributed by atoms with Crippen LogP contribution in [0, 0.1) is 5.92 Å². The maximum Gasteiger partial charge on any atom is 0.269 e. The maximum absolute atomic E-state index is 12.2. The Bertz CT molecular complexity index is 567. The molecule has 3 rings (SSSR count). The largest absolute Gasteiger partial charge is 0.391 e. The molecule has 3 atom stereocenters. The molecule has 120 valence electrons. The van der Waals surface area contributed by atoms with E-state index >= 15 is 0 Å². The van der Waals surface area contributed by atoms with Crippen molar-refractivity contribution >= 4 is 11.8 Å². The molecule has 0 unspecified atom stereocenters. The molecular formula is C15H22N4O3. The molecule has 0 bridgehead atoms. The molecular weight excluding hydrogens is 284 g/mol. The number of amides is 2. The monoisotopic (exact) mass is 306 g/mol. The Balaban J connectivity index is 1.55. The zero-order valence-electron chi connectivity index (χ0n) is 12.7. The third kappa shape index (κ3) is 2.99. The molecule has 2 aliphatic carbocycles. The van der Waals surface area contributed by atoms with Gasteiger partial charge in [-0.1, -0.05) is 0 Å². The predicted molar refractivity (Wildman–Crippen MR) is 79.0 cm³/mol. The van der Waals surface area contributed by atoms with E-state index in [4.69, 9.17) is 0 Å². The fraction of sp³-hybridized carbons (Fsp3) is 0.667. The quantitative estimate of drug-likeness (QED) is 0.727. The lowest BCUT2D eigenvalue weighted by molar-refractivity contribution is -0.126. The SMILES string of the molecule is Cn1cncc1C(=O)N[C@H]1C[C@H](C(=O)NC2CCC2)C[C@@H]1O. The lowest BCUT2D eigenvalue weighted by Gasteiger charge is -2.27. The second kappa shape index (κ2) is 6.08. The van der Waals surface area contributed by atoms with E-state index in [2.05, 4.69) is 15.6 Å². The van der Waals surface area contributed by atoms with Crippen LogP contribution >= 0.6 is 0 Å². The first-order valence-electron chi connectivity index (χ1n) is 7.80. The van der Waals surface area contributed by atoms with Gasteiger partial charge in [-0.3, -0.25) is 9.59 Å². The summed E-state index contributed by atoms with van der Waals surface area (Å²) in [5.41, 5.74) is 0.439. The predicted octanol–water partition coefficient (Wildman–Crippen LogP) is -0.0419. The van der Waals surface area contributed by atoms with E-state index in [9.17, 15) is 14.7 Å². The number of hydrogen-bond donors (Lipinski definition) is 3. The number of aromatic nitrogens is 2. The number of rotatable bonds is 4. The molecule has 0 spiro atoms. The second-order valence-corrected chi connectivity index (χ2v) is 6.34. The molecule has 1 heterocycles. The molecule has 1 aromatic rings. The number of aryl methyl sites for hydroxylation is 1. The first kappa shape index (κ1) is 15.0. The van der Waals surface area contributed by atoms with Crippen LogP contribution in [0.2, 0.25) is 0 Å². The summed E-state index contributed by atoms with van der Waals surface area (Å²) in [4.78, 5) is 28.2. The molecule has 22 heavy (non-hydrogen) atoms. The van der Waals surface area contributed by atoms with Crippen molar-refractivity contribution in [3.05, 3.63) is 18.2 Å². The first-order valence-corrected chi connectivity index (χ1v) is 7.80. The van der Waals surface area contributed by atoms with Gasteiger partial charge in [0.25, 0.3) is 5.91 Å². The molecule has 2 amide bonds. The van der Waals surface area contributed by atoms with Crippen LogP contribution in [0.25, 0.3) is 0 Å². The van der Waals surface area contributed by atoms with Crippen molar-refractivity contribution in [1.29, 1.82) is 0 Å². The van der Waals surface area contributed by atoms with Gasteiger partial charge in [-0.05, 0) is 32.1 Å². The topological polar surface area (TPSA) is 96.2 Å². The Labute approximate surface area is 129 Å². The fourth-order valence-corrected chi connectivity index (χ4v) is 3.07. The van der Waals surface area contributed by atoms with E-state index in [1.54, 1.807) is 17.9 Å². The molecule has 7 nitrogen and oxygen atoms in total. The third-order valence-electron chi connectivity index (χ3n) is 4.72. The fourth-order valence-electron chi connectivity index (χ4n) is 3.07. The maximum atomic E-state index is 12.2. The highest BCUT2D eigenvalue weighted by Crippen LogP contribution is 2.28. The molecule has 0 aromatic carbocycles. The van der Waals surface area contributed by atoms with Crippen molar-refractivity contribution in [3.63, 3.8) is 0 Å². The average molecular weight is 306 g/mol. The zero-order valence-corrected chi connectivity index (χ0v) is 12.7. The molecule has 3 N–H and O–H groups in total. The highest BCUT2D eigenvalue weighted by Gasteiger charge is 2.38. The van der Waals surface area contributed by atoms with E-state index < -0.39 is 6.10 Å². The van der Waals surface area contributed by atoms with Crippen LogP contribution in [0.5, 0.6) is 0 Å². The van der Waals surface area contributed by atoms with E-state index in [-0.39, 0.29) is 23.8 Å². The van der Waals surface area contributed by atoms with Gasteiger partial charge in [0.2, 0.25) is 5.91 Å². The van der Waals surface area contributed by atoms with Gasteiger partial charge < -0.3 is 20.3 Å². The van der Waals surface area contributed by atoms with Gasteiger partial charge in [0.1, 0.15) is 5.69 Å². The minimum absolute atomic E-state index is 0.000956. The summed E-state index contributed by atoms with van der Waals surface area (Å²) in [6.45, 7) is 0. The van der Waals surface area contributed by atoms with Gasteiger partial charge in [-0.25, -0.2) is 4.98 Å². The van der Waals surface area contributed by atoms with Gasteiger partial charge in [0.05, 0.1) is 24.7 Å². The molecule has 1 aromatic heterocycles. The number of hydrogen-bond acceptors (Lipinski definition) is 4. The smallest absolute Gasteiger partial charge is 0.269 e. The minimum atomic E-state index is -0.686. The third-order valence-corrected chi connectivity index (χ3v) is 4.72. The van der Waals surface area contributed by atoms with Crippen LogP contribution in [0.4, 0.5) is 0 Å². The number of carbonyl (C=O) groups excluding carboxylic acids is 2. The number of nitrogens with one attached hydrogen (secondary N) is 2. The van der Waals surface area contributed by atoms with Crippen molar-refractivity contribution in [2.24, 2.45) is 13.0 Å². The highest BCUT2D eigenvalue weighted by molar-refractivity contribution is 5.92. The number of imidazole rings is 1. The summed E-state index contributed by atoms with van der Waals surface area (Å²) < 4.78 is 1.62. The summed E-state index contributed by atoms with van der Waals surface area (Å²) in [6.07, 6.45) is 6.48. The Morgan fingerprint density at radius 1 is 1.32 bits per heavy atom. The van der Waals surface area contributed by atoms with Crippen LogP contribution in [0.15, 0.2) is 12.5 Å². The van der Waals surface area contributed by atoms with Crippen LogP contribution in [0.3, 0.4) is 0 Å². The van der Waals surface area contributed by atoms with E-state index in [1.807, 2.05) is 0 Å². The summed E-state index contributed by atoms with van der Waals surface area (Å²) in [7, 11) is 1.74.